The molecule has 0 saturated carbocycles. The van der Waals surface area contributed by atoms with E-state index >= 15 is 0 Å². The fourth-order valence-corrected chi connectivity index (χ4v) is 2.39. The minimum Gasteiger partial charge on any atom is -0.454 e. The topological polar surface area (TPSA) is 30.5 Å². The number of nitrogens with one attached hydrogen (secondary N) is 1. The third kappa shape index (κ3) is 2.49. The lowest BCUT2D eigenvalue weighted by molar-refractivity contribution is 0.174. The molecule has 6 heteroatoms. The van der Waals surface area contributed by atoms with Crippen LogP contribution in [0.3, 0.4) is 0 Å². The summed E-state index contributed by atoms with van der Waals surface area (Å²) in [5, 5.41) is 3.89. The van der Waals surface area contributed by atoms with E-state index in [1.165, 1.54) is 6.07 Å². The van der Waals surface area contributed by atoms with Gasteiger partial charge in [0.25, 0.3) is 0 Å². The summed E-state index contributed by atoms with van der Waals surface area (Å²) in [7, 11) is 0. The predicted molar refractivity (Wildman–Crippen MR) is 76.3 cm³/mol. The van der Waals surface area contributed by atoms with Gasteiger partial charge in [-0.05, 0) is 12.1 Å². The van der Waals surface area contributed by atoms with Gasteiger partial charge in [0.1, 0.15) is 5.82 Å². The van der Waals surface area contributed by atoms with Gasteiger partial charge in [0.15, 0.2) is 11.5 Å². The van der Waals surface area contributed by atoms with E-state index in [9.17, 15) is 4.39 Å². The van der Waals surface area contributed by atoms with Crippen molar-refractivity contribution in [1.29, 1.82) is 0 Å². The molecule has 0 fully saturated rings. The van der Waals surface area contributed by atoms with E-state index in [1.54, 1.807) is 24.3 Å². The summed E-state index contributed by atoms with van der Waals surface area (Å²) in [5.41, 5.74) is 1.03. The van der Waals surface area contributed by atoms with Gasteiger partial charge in [-0.15, -0.1) is 0 Å². The number of rotatable bonds is 3. The van der Waals surface area contributed by atoms with Crippen molar-refractivity contribution in [2.75, 3.05) is 12.1 Å². The molecule has 0 aromatic heterocycles. The Morgan fingerprint density at radius 3 is 2.60 bits per heavy atom. The summed E-state index contributed by atoms with van der Waals surface area (Å²) < 4.78 is 24.2. The predicted octanol–water partition coefficient (Wildman–Crippen LogP) is 4.47. The SMILES string of the molecule is Fc1cccc(Cl)c1CNc1cc2c(cc1Cl)OCO2. The van der Waals surface area contributed by atoms with Gasteiger partial charge in [-0.2, -0.15) is 0 Å². The summed E-state index contributed by atoms with van der Waals surface area (Å²) in [6.45, 7) is 0.402. The standard InChI is InChI=1S/C14H10Cl2FNO2/c15-9-2-1-3-11(17)8(9)6-18-12-5-14-13(4-10(12)16)19-7-20-14/h1-5,18H,6-7H2. The van der Waals surface area contributed by atoms with E-state index in [0.29, 0.717) is 32.8 Å². The smallest absolute Gasteiger partial charge is 0.231 e. The number of ether oxygens (including phenoxy) is 2. The van der Waals surface area contributed by atoms with Crippen LogP contribution in [0.1, 0.15) is 5.56 Å². The van der Waals surface area contributed by atoms with Crippen LogP contribution in [0.25, 0.3) is 0 Å². The van der Waals surface area contributed by atoms with E-state index in [1.807, 2.05) is 0 Å². The second-order valence-electron chi connectivity index (χ2n) is 4.24. The maximum absolute atomic E-state index is 13.7. The fourth-order valence-electron chi connectivity index (χ4n) is 1.94. The van der Waals surface area contributed by atoms with Gasteiger partial charge >= 0.3 is 0 Å². The van der Waals surface area contributed by atoms with Crippen molar-refractivity contribution in [2.24, 2.45) is 0 Å². The van der Waals surface area contributed by atoms with Crippen LogP contribution in [0, 0.1) is 5.82 Å². The van der Waals surface area contributed by atoms with Gasteiger partial charge in [-0.25, -0.2) is 4.39 Å². The third-order valence-corrected chi connectivity index (χ3v) is 3.65. The van der Waals surface area contributed by atoms with Crippen LogP contribution in [0.5, 0.6) is 11.5 Å². The normalized spacial score (nSPS) is 12.6. The van der Waals surface area contributed by atoms with Gasteiger partial charge in [-0.1, -0.05) is 29.3 Å². The molecule has 2 aromatic carbocycles. The van der Waals surface area contributed by atoms with Crippen LogP contribution in [0.4, 0.5) is 10.1 Å². The maximum Gasteiger partial charge on any atom is 0.231 e. The summed E-state index contributed by atoms with van der Waals surface area (Å²) in [5.74, 6) is 0.850. The van der Waals surface area contributed by atoms with Gasteiger partial charge in [0.05, 0.1) is 10.7 Å². The molecule has 0 radical (unpaired) electrons. The third-order valence-electron chi connectivity index (χ3n) is 2.98. The highest BCUT2D eigenvalue weighted by Gasteiger charge is 2.17. The molecule has 1 heterocycles. The Hall–Kier alpha value is -1.65. The molecule has 1 N–H and O–H groups in total. The van der Waals surface area contributed by atoms with E-state index in [-0.39, 0.29) is 19.2 Å². The average molecular weight is 314 g/mol. The first-order valence-corrected chi connectivity index (χ1v) is 6.66. The summed E-state index contributed by atoms with van der Waals surface area (Å²) in [6.07, 6.45) is 0. The van der Waals surface area contributed by atoms with Gasteiger partial charge in [0.2, 0.25) is 6.79 Å². The van der Waals surface area contributed by atoms with Gasteiger partial charge in [-0.3, -0.25) is 0 Å². The molecule has 1 aliphatic rings. The number of hydrogen-bond acceptors (Lipinski definition) is 3. The Morgan fingerprint density at radius 2 is 1.85 bits per heavy atom. The molecule has 3 nitrogen and oxygen atoms in total. The first kappa shape index (κ1) is 13.3. The lowest BCUT2D eigenvalue weighted by Gasteiger charge is -2.11. The Morgan fingerprint density at radius 1 is 1.10 bits per heavy atom. The van der Waals surface area contributed by atoms with Crippen LogP contribution in [-0.4, -0.2) is 6.79 Å². The molecule has 3 rings (SSSR count). The molecule has 0 amide bonds. The second-order valence-corrected chi connectivity index (χ2v) is 5.05. The van der Waals surface area contributed by atoms with Crippen LogP contribution >= 0.6 is 23.2 Å². The van der Waals surface area contributed by atoms with Crippen molar-refractivity contribution in [3.63, 3.8) is 0 Å². The number of hydrogen-bond donors (Lipinski definition) is 1. The van der Waals surface area contributed by atoms with Crippen LogP contribution in [0.15, 0.2) is 30.3 Å². The molecule has 0 atom stereocenters. The molecule has 0 saturated heterocycles. The monoisotopic (exact) mass is 313 g/mol. The van der Waals surface area contributed by atoms with Gasteiger partial charge in [0, 0.05) is 29.3 Å². The van der Waals surface area contributed by atoms with Crippen molar-refractivity contribution < 1.29 is 13.9 Å². The highest BCUT2D eigenvalue weighted by Crippen LogP contribution is 2.39. The summed E-state index contributed by atoms with van der Waals surface area (Å²) >= 11 is 12.1. The zero-order chi connectivity index (χ0) is 14.1. The number of anilines is 1. The average Bonchev–Trinajstić information content (AvgIpc) is 2.85. The lowest BCUT2D eigenvalue weighted by atomic mass is 10.2. The van der Waals surface area contributed by atoms with Gasteiger partial charge < -0.3 is 14.8 Å². The Bertz CT molecular complexity index is 644. The molecule has 1 aliphatic heterocycles. The minimum atomic E-state index is -0.359. The summed E-state index contributed by atoms with van der Waals surface area (Å²) in [4.78, 5) is 0. The second kappa shape index (κ2) is 5.38. The summed E-state index contributed by atoms with van der Waals surface area (Å²) in [6, 6.07) is 7.95. The molecule has 20 heavy (non-hydrogen) atoms. The molecule has 0 spiro atoms. The van der Waals surface area contributed by atoms with Crippen molar-refractivity contribution >= 4 is 28.9 Å². The van der Waals surface area contributed by atoms with E-state index in [0.717, 1.165) is 0 Å². The molecule has 0 unspecified atom stereocenters. The molecular formula is C14H10Cl2FNO2. The van der Waals surface area contributed by atoms with Crippen LogP contribution < -0.4 is 14.8 Å². The zero-order valence-corrected chi connectivity index (χ0v) is 11.8. The number of benzene rings is 2. The van der Waals surface area contributed by atoms with Crippen molar-refractivity contribution in [1.82, 2.24) is 0 Å². The Kier molecular flexibility index (Phi) is 3.59. The van der Waals surface area contributed by atoms with Crippen molar-refractivity contribution in [3.8, 4) is 11.5 Å². The Balaban J connectivity index is 1.82. The Labute approximate surface area is 125 Å². The fraction of sp³-hybridized carbons (Fsp3) is 0.143. The van der Waals surface area contributed by atoms with E-state index in [2.05, 4.69) is 5.32 Å². The zero-order valence-electron chi connectivity index (χ0n) is 10.3. The largest absolute Gasteiger partial charge is 0.454 e. The number of fused-ring (bicyclic) bond motifs is 1. The van der Waals surface area contributed by atoms with Crippen LogP contribution in [-0.2, 0) is 6.54 Å². The molecule has 2 aromatic rings. The lowest BCUT2D eigenvalue weighted by Crippen LogP contribution is -2.03. The molecule has 0 bridgehead atoms. The first-order chi connectivity index (χ1) is 9.65. The highest BCUT2D eigenvalue weighted by molar-refractivity contribution is 6.33. The molecular weight excluding hydrogens is 304 g/mol. The molecule has 104 valence electrons. The van der Waals surface area contributed by atoms with Crippen LogP contribution in [0.2, 0.25) is 10.0 Å². The molecule has 0 aliphatic carbocycles. The van der Waals surface area contributed by atoms with E-state index in [4.69, 9.17) is 32.7 Å². The quantitative estimate of drug-likeness (QED) is 0.906. The van der Waals surface area contributed by atoms with E-state index < -0.39 is 0 Å². The number of halogens is 3. The van der Waals surface area contributed by atoms with Crippen molar-refractivity contribution in [2.45, 2.75) is 6.54 Å². The van der Waals surface area contributed by atoms with Crippen molar-refractivity contribution in [3.05, 3.63) is 51.8 Å². The maximum atomic E-state index is 13.7. The minimum absolute atomic E-state index is 0.175. The first-order valence-electron chi connectivity index (χ1n) is 5.91. The highest BCUT2D eigenvalue weighted by atomic mass is 35.5.